The van der Waals surface area contributed by atoms with Crippen LogP contribution < -0.4 is 15.0 Å². The monoisotopic (exact) mass is 464 g/mol. The van der Waals surface area contributed by atoms with Gasteiger partial charge in [0.2, 0.25) is 5.82 Å². The van der Waals surface area contributed by atoms with Gasteiger partial charge in [0.1, 0.15) is 6.61 Å². The van der Waals surface area contributed by atoms with E-state index in [1.54, 1.807) is 0 Å². The number of hydrogen-bond donors (Lipinski definition) is 1. The topological polar surface area (TPSA) is 95.0 Å². The van der Waals surface area contributed by atoms with Gasteiger partial charge in [-0.2, -0.15) is 4.37 Å². The second-order valence-electron chi connectivity index (χ2n) is 8.42. The van der Waals surface area contributed by atoms with Crippen LogP contribution in [0.3, 0.4) is 0 Å². The minimum Gasteiger partial charge on any atom is -0.470 e. The molecule has 1 saturated heterocycles. The molecule has 0 aromatic carbocycles. The molecule has 1 aromatic rings. The van der Waals surface area contributed by atoms with Gasteiger partial charge in [-0.05, 0) is 20.8 Å². The fraction of sp³-hybridized carbons (Fsp3) is 0.682. The number of morpholine rings is 1. The van der Waals surface area contributed by atoms with Crippen molar-refractivity contribution in [3.63, 3.8) is 0 Å². The first-order chi connectivity index (χ1) is 15.3. The molecule has 1 N–H and O–H groups in total. The minimum absolute atomic E-state index is 0.0963. The van der Waals surface area contributed by atoms with Gasteiger partial charge in [-0.1, -0.05) is 0 Å². The van der Waals surface area contributed by atoms with E-state index in [2.05, 4.69) is 30.8 Å². The number of nitrogens with zero attached hydrogens (tertiary/aromatic N) is 3. The summed E-state index contributed by atoms with van der Waals surface area (Å²) in [4.78, 5) is 14.4. The molecule has 1 fully saturated rings. The highest BCUT2D eigenvalue weighted by molar-refractivity contribution is 6.99. The van der Waals surface area contributed by atoms with Crippen LogP contribution in [0.5, 0.6) is 5.88 Å². The number of hydrogen-bond acceptors (Lipinski definition) is 10. The molecule has 1 atom stereocenters. The number of rotatable bonds is 11. The summed E-state index contributed by atoms with van der Waals surface area (Å²) >= 11 is 1.08. The van der Waals surface area contributed by atoms with Gasteiger partial charge in [-0.15, -0.1) is 29.1 Å². The molecule has 10 heteroatoms. The normalized spacial score (nSPS) is 15.0. The number of carbonyl (C=O) groups excluding carboxylic acids is 1. The fourth-order valence-corrected chi connectivity index (χ4v) is 3.36. The Morgan fingerprint density at radius 1 is 1.22 bits per heavy atom. The Hall–Kier alpha value is -2.53. The minimum atomic E-state index is -0.793. The number of terminal acetylenes is 2. The molecule has 1 aliphatic rings. The predicted octanol–water partition coefficient (Wildman–Crippen LogP) is 2.33. The van der Waals surface area contributed by atoms with Crippen molar-refractivity contribution in [2.24, 2.45) is 5.92 Å². The third-order valence-electron chi connectivity index (χ3n) is 4.53. The van der Waals surface area contributed by atoms with E-state index in [1.807, 2.05) is 20.8 Å². The Kier molecular flexibility index (Phi) is 10.5. The highest BCUT2D eigenvalue weighted by Gasteiger charge is 2.24. The third kappa shape index (κ3) is 9.31. The summed E-state index contributed by atoms with van der Waals surface area (Å²) in [7, 11) is 0. The zero-order chi connectivity index (χ0) is 23.4. The van der Waals surface area contributed by atoms with E-state index >= 15 is 0 Å². The van der Waals surface area contributed by atoms with Crippen LogP contribution in [-0.2, 0) is 14.2 Å². The van der Waals surface area contributed by atoms with Gasteiger partial charge >= 0.3 is 6.16 Å². The summed E-state index contributed by atoms with van der Waals surface area (Å²) in [6.07, 6.45) is 10.2. The van der Waals surface area contributed by atoms with Crippen LogP contribution in [-0.4, -0.2) is 72.6 Å². The zero-order valence-corrected chi connectivity index (χ0v) is 19.8. The van der Waals surface area contributed by atoms with Crippen LogP contribution in [0.1, 0.15) is 33.6 Å². The summed E-state index contributed by atoms with van der Waals surface area (Å²) in [6.45, 7) is 9.34. The van der Waals surface area contributed by atoms with Gasteiger partial charge in [0.25, 0.3) is 5.88 Å². The molecule has 2 heterocycles. The van der Waals surface area contributed by atoms with Crippen molar-refractivity contribution in [1.29, 1.82) is 0 Å². The van der Waals surface area contributed by atoms with Gasteiger partial charge in [0, 0.05) is 43.9 Å². The second-order valence-corrected chi connectivity index (χ2v) is 8.95. The maximum absolute atomic E-state index is 12.3. The molecule has 0 radical (unpaired) electrons. The fourth-order valence-electron chi connectivity index (χ4n) is 2.84. The van der Waals surface area contributed by atoms with Crippen LogP contribution >= 0.6 is 11.7 Å². The van der Waals surface area contributed by atoms with Gasteiger partial charge in [-0.3, -0.25) is 0 Å². The van der Waals surface area contributed by atoms with Crippen molar-refractivity contribution in [3.05, 3.63) is 0 Å². The van der Waals surface area contributed by atoms with Gasteiger partial charge in [0.05, 0.1) is 31.5 Å². The van der Waals surface area contributed by atoms with E-state index in [-0.39, 0.29) is 24.7 Å². The maximum atomic E-state index is 12.3. The molecular formula is C22H32N4O5S. The lowest BCUT2D eigenvalue weighted by atomic mass is 10.0. The number of nitrogens with one attached hydrogen (secondary N) is 1. The molecule has 0 saturated carbocycles. The molecular weight excluding hydrogens is 432 g/mol. The second kappa shape index (κ2) is 13.1. The Morgan fingerprint density at radius 3 is 2.53 bits per heavy atom. The van der Waals surface area contributed by atoms with Crippen molar-refractivity contribution in [2.45, 2.75) is 45.3 Å². The zero-order valence-electron chi connectivity index (χ0n) is 19.0. The molecule has 0 bridgehead atoms. The first-order valence-electron chi connectivity index (χ1n) is 10.6. The van der Waals surface area contributed by atoms with Gasteiger partial charge in [-0.25, -0.2) is 4.79 Å². The molecule has 0 spiro atoms. The summed E-state index contributed by atoms with van der Waals surface area (Å²) < 4.78 is 30.6. The highest BCUT2D eigenvalue weighted by Crippen LogP contribution is 2.26. The summed E-state index contributed by atoms with van der Waals surface area (Å²) in [5.41, 5.74) is -0.169. The van der Waals surface area contributed by atoms with Crippen molar-refractivity contribution < 1.29 is 23.7 Å². The number of aromatic nitrogens is 2. The molecule has 2 rings (SSSR count). The Morgan fingerprint density at radius 2 is 1.91 bits per heavy atom. The summed E-state index contributed by atoms with van der Waals surface area (Å²) in [5.74, 6) is 6.07. The van der Waals surface area contributed by atoms with E-state index in [1.165, 1.54) is 0 Å². The number of anilines is 1. The van der Waals surface area contributed by atoms with Gasteiger partial charge in [0.15, 0.2) is 6.10 Å². The van der Waals surface area contributed by atoms with Crippen molar-refractivity contribution in [2.75, 3.05) is 51.0 Å². The van der Waals surface area contributed by atoms with Gasteiger partial charge < -0.3 is 29.2 Å². The smallest absolute Gasteiger partial charge is 0.470 e. The predicted molar refractivity (Wildman–Crippen MR) is 123 cm³/mol. The summed E-state index contributed by atoms with van der Waals surface area (Å²) in [5, 5.41) is 3.31. The lowest BCUT2D eigenvalue weighted by Crippen LogP contribution is -2.44. The first-order valence-corrected chi connectivity index (χ1v) is 11.3. The Balaban J connectivity index is 1.94. The van der Waals surface area contributed by atoms with E-state index < -0.39 is 12.3 Å². The van der Waals surface area contributed by atoms with E-state index in [0.717, 1.165) is 24.8 Å². The lowest BCUT2D eigenvalue weighted by Gasteiger charge is -2.27. The van der Waals surface area contributed by atoms with Crippen LogP contribution in [0.2, 0.25) is 0 Å². The molecule has 32 heavy (non-hydrogen) atoms. The Bertz CT molecular complexity index is 773. The average molecular weight is 465 g/mol. The van der Waals surface area contributed by atoms with Crippen molar-refractivity contribution >= 4 is 23.7 Å². The van der Waals surface area contributed by atoms with E-state index in [4.69, 9.17) is 31.8 Å². The van der Waals surface area contributed by atoms with Crippen LogP contribution in [0.25, 0.3) is 0 Å². The summed E-state index contributed by atoms with van der Waals surface area (Å²) in [6, 6.07) is 0. The first kappa shape index (κ1) is 25.7. The van der Waals surface area contributed by atoms with Crippen LogP contribution in [0.4, 0.5) is 10.6 Å². The molecule has 0 amide bonds. The maximum Gasteiger partial charge on any atom is 0.508 e. The van der Waals surface area contributed by atoms with Crippen LogP contribution in [0.15, 0.2) is 0 Å². The Labute approximate surface area is 194 Å². The average Bonchev–Trinajstić information content (AvgIpc) is 3.23. The molecule has 9 nitrogen and oxygen atoms in total. The number of carbonyl (C=O) groups is 1. The lowest BCUT2D eigenvalue weighted by molar-refractivity contribution is -0.000670. The molecule has 0 aliphatic carbocycles. The third-order valence-corrected chi connectivity index (χ3v) is 5.03. The standard InChI is InChI=1S/C22H32N4O5S/c1-6-8-17(9-7-2)15-30-21(27)31-18(14-23-22(3,4)5)16-29-20-19(24-32-25-20)26-10-12-28-13-11-26/h1-2,17-18,23H,8-16H2,3-5H3/t18-/m0/s1. The SMILES string of the molecule is C#CCC(CC#C)COC(=O)O[C@@H](CNC(C)(C)C)COc1nsnc1N1CCOCC1. The molecule has 1 aliphatic heterocycles. The quantitative estimate of drug-likeness (QED) is 0.391. The van der Waals surface area contributed by atoms with Crippen molar-refractivity contribution in [3.8, 4) is 30.6 Å². The highest BCUT2D eigenvalue weighted by atomic mass is 32.1. The van der Waals surface area contributed by atoms with E-state index in [0.29, 0.717) is 44.3 Å². The number of ether oxygens (including phenoxy) is 4. The van der Waals surface area contributed by atoms with Crippen LogP contribution in [0, 0.1) is 30.6 Å². The van der Waals surface area contributed by atoms with E-state index in [9.17, 15) is 4.79 Å². The molecule has 1 aromatic heterocycles. The molecule has 0 unspecified atom stereocenters. The van der Waals surface area contributed by atoms with Crippen molar-refractivity contribution in [1.82, 2.24) is 14.1 Å². The largest absolute Gasteiger partial charge is 0.508 e. The molecule has 176 valence electrons.